The first-order chi connectivity index (χ1) is 16.3. The largest absolute Gasteiger partial charge is 0.484 e. The topological polar surface area (TPSA) is 112 Å². The van der Waals surface area contributed by atoms with E-state index < -0.39 is 11.3 Å². The van der Waals surface area contributed by atoms with Crippen molar-refractivity contribution in [1.82, 2.24) is 9.80 Å². The Bertz CT molecular complexity index is 1050. The van der Waals surface area contributed by atoms with Crippen LogP contribution in [-0.2, 0) is 16.1 Å². The molecule has 2 aromatic carbocycles. The Labute approximate surface area is 201 Å². The van der Waals surface area contributed by atoms with Crippen molar-refractivity contribution in [3.63, 3.8) is 0 Å². The average molecular weight is 492 g/mol. The molecule has 1 fully saturated rings. The Kier molecular flexibility index (Phi) is 7.57. The minimum atomic E-state index is -2.17. The van der Waals surface area contributed by atoms with Gasteiger partial charge in [-0.1, -0.05) is 12.1 Å². The molecule has 4 rings (SSSR count). The number of anilines is 1. The van der Waals surface area contributed by atoms with E-state index in [1.165, 1.54) is 11.4 Å². The highest BCUT2D eigenvalue weighted by atomic mass is 32.2. The van der Waals surface area contributed by atoms with Gasteiger partial charge in [-0.2, -0.15) is 0 Å². The van der Waals surface area contributed by atoms with Crippen molar-refractivity contribution in [1.29, 1.82) is 0 Å². The van der Waals surface area contributed by atoms with Crippen molar-refractivity contribution < 1.29 is 32.9 Å². The number of carbonyl (C=O) groups is 1. The number of ether oxygens (including phenoxy) is 3. The van der Waals surface area contributed by atoms with Crippen LogP contribution in [-0.4, -0.2) is 82.8 Å². The van der Waals surface area contributed by atoms with Crippen LogP contribution in [0.15, 0.2) is 42.5 Å². The molecule has 2 aromatic rings. The van der Waals surface area contributed by atoms with Gasteiger partial charge in [0.2, 0.25) is 6.79 Å². The maximum absolute atomic E-state index is 13.1. The van der Waals surface area contributed by atoms with Crippen LogP contribution >= 0.6 is 0 Å². The summed E-state index contributed by atoms with van der Waals surface area (Å²) in [4.78, 5) is 16.8. The number of β-amino-alcohol motifs (C(OH)–C–C–N with tert-alkyl or cyclic N) is 1. The van der Waals surface area contributed by atoms with Crippen LogP contribution in [0.2, 0.25) is 0 Å². The van der Waals surface area contributed by atoms with Crippen LogP contribution in [0.1, 0.15) is 18.0 Å². The SMILES string of the molecule is CN(C(=O)COc1ccc2c(c1)OCO2)[C@H](CN1CC[C@H](O)C1)c1cccc(N(C)S(=O)O)c1. The molecule has 1 unspecified atom stereocenters. The van der Waals surface area contributed by atoms with Crippen LogP contribution in [0, 0.1) is 0 Å². The molecule has 2 heterocycles. The zero-order chi connectivity index (χ0) is 24.2. The van der Waals surface area contributed by atoms with E-state index in [9.17, 15) is 18.7 Å². The molecule has 3 atom stereocenters. The Hall–Kier alpha value is -2.86. The van der Waals surface area contributed by atoms with Gasteiger partial charge in [0.15, 0.2) is 18.1 Å². The zero-order valence-electron chi connectivity index (χ0n) is 19.1. The predicted molar refractivity (Wildman–Crippen MR) is 126 cm³/mol. The van der Waals surface area contributed by atoms with Gasteiger partial charge in [0.25, 0.3) is 17.2 Å². The third-order valence-electron chi connectivity index (χ3n) is 6.10. The highest BCUT2D eigenvalue weighted by Crippen LogP contribution is 2.35. The number of hydrogen-bond acceptors (Lipinski definition) is 7. The third kappa shape index (κ3) is 5.61. The lowest BCUT2D eigenvalue weighted by atomic mass is 10.0. The Morgan fingerprint density at radius 3 is 2.76 bits per heavy atom. The lowest BCUT2D eigenvalue weighted by molar-refractivity contribution is -0.134. The third-order valence-corrected chi connectivity index (χ3v) is 6.78. The molecule has 11 heteroatoms. The number of likely N-dealkylation sites (N-methyl/N-ethyl adjacent to an activating group) is 1. The summed E-state index contributed by atoms with van der Waals surface area (Å²) in [5.41, 5.74) is 1.37. The molecule has 10 nitrogen and oxygen atoms in total. The minimum absolute atomic E-state index is 0.158. The van der Waals surface area contributed by atoms with Gasteiger partial charge in [-0.05, 0) is 36.2 Å². The number of amides is 1. The second-order valence-electron chi connectivity index (χ2n) is 8.35. The van der Waals surface area contributed by atoms with Gasteiger partial charge in [-0.15, -0.1) is 0 Å². The number of hydrogen-bond donors (Lipinski definition) is 2. The average Bonchev–Trinajstić information content (AvgIpc) is 3.48. The van der Waals surface area contributed by atoms with Gasteiger partial charge >= 0.3 is 0 Å². The van der Waals surface area contributed by atoms with Crippen LogP contribution in [0.5, 0.6) is 17.2 Å². The molecule has 34 heavy (non-hydrogen) atoms. The summed E-state index contributed by atoms with van der Waals surface area (Å²) in [6.07, 6.45) is 0.300. The van der Waals surface area contributed by atoms with E-state index in [1.807, 2.05) is 6.07 Å². The molecule has 0 radical (unpaired) electrons. The summed E-state index contributed by atoms with van der Waals surface area (Å²) in [7, 11) is 3.23. The first-order valence-corrected chi connectivity index (χ1v) is 12.0. The van der Waals surface area contributed by atoms with Gasteiger partial charge in [0.05, 0.1) is 17.8 Å². The second-order valence-corrected chi connectivity index (χ2v) is 9.36. The maximum Gasteiger partial charge on any atom is 0.261 e. The standard InChI is InChI=1S/C23H29N3O7S/c1-24(23(28)14-31-19-6-7-21-22(11-19)33-15-32-21)20(13-26-9-8-18(27)12-26)16-4-3-5-17(10-16)25(2)34(29)30/h3-7,10-11,18,20,27H,8-9,12-15H2,1-2H3,(H,29,30)/t18-,20+/m0/s1. The molecule has 0 aliphatic carbocycles. The lowest BCUT2D eigenvalue weighted by Crippen LogP contribution is -2.41. The van der Waals surface area contributed by atoms with Crippen molar-refractivity contribution >= 4 is 22.9 Å². The van der Waals surface area contributed by atoms with E-state index in [2.05, 4.69) is 4.90 Å². The van der Waals surface area contributed by atoms with E-state index in [1.54, 1.807) is 48.3 Å². The smallest absolute Gasteiger partial charge is 0.261 e. The van der Waals surface area contributed by atoms with Gasteiger partial charge in [0, 0.05) is 39.8 Å². The highest BCUT2D eigenvalue weighted by molar-refractivity contribution is 7.80. The monoisotopic (exact) mass is 491 g/mol. The number of nitrogens with zero attached hydrogens (tertiary/aromatic N) is 3. The van der Waals surface area contributed by atoms with Gasteiger partial charge in [-0.25, -0.2) is 4.21 Å². The maximum atomic E-state index is 13.1. The summed E-state index contributed by atoms with van der Waals surface area (Å²) in [5, 5.41) is 9.96. The van der Waals surface area contributed by atoms with Crippen molar-refractivity contribution in [2.45, 2.75) is 18.6 Å². The van der Waals surface area contributed by atoms with Crippen molar-refractivity contribution in [3.8, 4) is 17.2 Å². The second kappa shape index (κ2) is 10.6. The van der Waals surface area contributed by atoms with Crippen LogP contribution < -0.4 is 18.5 Å². The Balaban J connectivity index is 1.50. The summed E-state index contributed by atoms with van der Waals surface area (Å²) in [6.45, 7) is 1.76. The highest BCUT2D eigenvalue weighted by Gasteiger charge is 2.29. The molecular weight excluding hydrogens is 462 g/mol. The van der Waals surface area contributed by atoms with Crippen LogP contribution in [0.4, 0.5) is 5.69 Å². The fraction of sp³-hybridized carbons (Fsp3) is 0.435. The summed E-state index contributed by atoms with van der Waals surface area (Å²) < 4.78 is 38.6. The van der Waals surface area contributed by atoms with E-state index in [0.717, 1.165) is 12.1 Å². The van der Waals surface area contributed by atoms with E-state index in [0.29, 0.717) is 42.4 Å². The molecule has 0 aromatic heterocycles. The lowest BCUT2D eigenvalue weighted by Gasteiger charge is -2.32. The number of fused-ring (bicyclic) bond motifs is 1. The Morgan fingerprint density at radius 2 is 2.03 bits per heavy atom. The van der Waals surface area contributed by atoms with Gasteiger partial charge in [0.1, 0.15) is 5.75 Å². The molecule has 1 amide bonds. The van der Waals surface area contributed by atoms with E-state index in [4.69, 9.17) is 14.2 Å². The van der Waals surface area contributed by atoms with Gasteiger partial charge < -0.3 is 24.2 Å². The first kappa shape index (κ1) is 24.3. The molecular formula is C23H29N3O7S. The van der Waals surface area contributed by atoms with E-state index >= 15 is 0 Å². The predicted octanol–water partition coefficient (Wildman–Crippen LogP) is 1.63. The number of rotatable bonds is 9. The first-order valence-electron chi connectivity index (χ1n) is 10.9. The normalized spacial score (nSPS) is 19.0. The molecule has 184 valence electrons. The summed E-state index contributed by atoms with van der Waals surface area (Å²) in [6, 6.07) is 12.0. The van der Waals surface area contributed by atoms with E-state index in [-0.39, 0.29) is 31.5 Å². The Morgan fingerprint density at radius 1 is 1.24 bits per heavy atom. The number of aliphatic hydroxyl groups is 1. The molecule has 1 saturated heterocycles. The number of aliphatic hydroxyl groups excluding tert-OH is 1. The number of benzene rings is 2. The summed E-state index contributed by atoms with van der Waals surface area (Å²) >= 11 is -2.17. The molecule has 0 bridgehead atoms. The molecule has 0 spiro atoms. The molecule has 2 aliphatic rings. The van der Waals surface area contributed by atoms with Crippen molar-refractivity contribution in [3.05, 3.63) is 48.0 Å². The summed E-state index contributed by atoms with van der Waals surface area (Å²) in [5.74, 6) is 1.48. The van der Waals surface area contributed by atoms with Crippen LogP contribution in [0.3, 0.4) is 0 Å². The number of carbonyl (C=O) groups excluding carboxylic acids is 1. The fourth-order valence-corrected chi connectivity index (χ4v) is 4.37. The van der Waals surface area contributed by atoms with Crippen molar-refractivity contribution in [2.75, 3.05) is 51.4 Å². The van der Waals surface area contributed by atoms with Crippen molar-refractivity contribution in [2.24, 2.45) is 0 Å². The van der Waals surface area contributed by atoms with Gasteiger partial charge in [-0.3, -0.25) is 18.6 Å². The molecule has 0 saturated carbocycles. The quantitative estimate of drug-likeness (QED) is 0.509. The van der Waals surface area contributed by atoms with Crippen LogP contribution in [0.25, 0.3) is 0 Å². The molecule has 2 aliphatic heterocycles. The minimum Gasteiger partial charge on any atom is -0.484 e. The molecule has 2 N–H and O–H groups in total. The fourth-order valence-electron chi connectivity index (χ4n) is 4.08. The zero-order valence-corrected chi connectivity index (χ0v) is 19.9. The number of likely N-dealkylation sites (tertiary alicyclic amines) is 1.